The minimum atomic E-state index is -0.525. The zero-order valence-electron chi connectivity index (χ0n) is 27.4. The van der Waals surface area contributed by atoms with Crippen LogP contribution in [0.1, 0.15) is 118 Å². The Balaban J connectivity index is 0.000000142. The summed E-state index contributed by atoms with van der Waals surface area (Å²) in [6.45, 7) is 8.95. The van der Waals surface area contributed by atoms with Crippen LogP contribution in [-0.4, -0.2) is 56.4 Å². The number of hydrogen-bond acceptors (Lipinski definition) is 6. The third-order valence-electron chi connectivity index (χ3n) is 16.0. The monoisotopic (exact) mass is 608 g/mol. The SMILES string of the molecule is C[C@]12CC[C@H]3[C@@H](CCC4=CC(=O)CC(O)[C@@]43C)[C@@H]1CC[C@@H]2O.C[C@]12CC[C@H]3[C@@H](CCC4=CC(=O)CC(O)[C@@]43C)[C@@H]1CC[C@@H]2O. The van der Waals surface area contributed by atoms with Crippen LogP contribution in [0.5, 0.6) is 0 Å². The maximum atomic E-state index is 11.8. The molecule has 8 aliphatic carbocycles. The Morgan fingerprint density at radius 2 is 0.909 bits per heavy atom. The number of aliphatic hydroxyl groups excluding tert-OH is 4. The number of carbonyl (C=O) groups is 2. The lowest BCUT2D eigenvalue weighted by atomic mass is 9.47. The summed E-state index contributed by atoms with van der Waals surface area (Å²) in [4.78, 5) is 23.7. The number of ketones is 2. The second-order valence-corrected chi connectivity index (χ2v) is 17.4. The minimum Gasteiger partial charge on any atom is -0.393 e. The molecular formula is C38H56O6. The molecule has 4 N–H and O–H groups in total. The van der Waals surface area contributed by atoms with Crippen molar-refractivity contribution < 1.29 is 30.0 Å². The van der Waals surface area contributed by atoms with E-state index in [1.165, 1.54) is 11.1 Å². The predicted molar refractivity (Wildman–Crippen MR) is 168 cm³/mol. The Morgan fingerprint density at radius 1 is 0.523 bits per heavy atom. The first kappa shape index (κ1) is 31.3. The van der Waals surface area contributed by atoms with Crippen molar-refractivity contribution in [2.24, 2.45) is 57.2 Å². The molecule has 2 unspecified atom stereocenters. The summed E-state index contributed by atoms with van der Waals surface area (Å²) in [5.41, 5.74) is 2.11. The van der Waals surface area contributed by atoms with E-state index in [1.54, 1.807) is 0 Å². The van der Waals surface area contributed by atoms with E-state index >= 15 is 0 Å². The molecule has 0 aliphatic heterocycles. The molecule has 0 heterocycles. The standard InChI is InChI=1S/2C19H28O3/c2*1-18-8-7-15-13(14(18)5-6-16(18)21)4-3-11-9-12(20)10-17(22)19(11,15)2/h2*9,13-17,21-22H,3-8,10H2,1-2H3/t2*13-,14-,15-,16-,17?,18-,19-/m00/s1. The average molecular weight is 609 g/mol. The van der Waals surface area contributed by atoms with Crippen LogP contribution < -0.4 is 0 Å². The van der Waals surface area contributed by atoms with E-state index in [2.05, 4.69) is 27.7 Å². The highest BCUT2D eigenvalue weighted by Crippen LogP contribution is 2.66. The average Bonchev–Trinajstić information content (AvgIpc) is 3.45. The highest BCUT2D eigenvalue weighted by Gasteiger charge is 2.62. The maximum Gasteiger partial charge on any atom is 0.158 e. The Hall–Kier alpha value is -1.34. The summed E-state index contributed by atoms with van der Waals surface area (Å²) in [5.74, 6) is 3.50. The molecule has 244 valence electrons. The normalized spacial score (nSPS) is 54.3. The van der Waals surface area contributed by atoms with E-state index in [0.717, 1.165) is 77.0 Å². The van der Waals surface area contributed by atoms with E-state index in [9.17, 15) is 30.0 Å². The van der Waals surface area contributed by atoms with Gasteiger partial charge in [0.2, 0.25) is 0 Å². The van der Waals surface area contributed by atoms with Gasteiger partial charge in [-0.1, -0.05) is 38.8 Å². The Labute approximate surface area is 263 Å². The molecule has 6 fully saturated rings. The van der Waals surface area contributed by atoms with Gasteiger partial charge in [0.25, 0.3) is 0 Å². The van der Waals surface area contributed by atoms with Crippen molar-refractivity contribution in [3.8, 4) is 0 Å². The van der Waals surface area contributed by atoms with E-state index in [1.807, 2.05) is 12.2 Å². The van der Waals surface area contributed by atoms with Gasteiger partial charge in [0.05, 0.1) is 24.4 Å². The molecule has 14 atom stereocenters. The van der Waals surface area contributed by atoms with Crippen LogP contribution in [0, 0.1) is 57.2 Å². The third kappa shape index (κ3) is 4.25. The summed E-state index contributed by atoms with van der Waals surface area (Å²) in [6, 6.07) is 0. The highest BCUT2D eigenvalue weighted by atomic mass is 16.3. The molecule has 44 heavy (non-hydrogen) atoms. The van der Waals surface area contributed by atoms with Gasteiger partial charge in [-0.2, -0.15) is 0 Å². The van der Waals surface area contributed by atoms with Gasteiger partial charge in [-0.3, -0.25) is 9.59 Å². The van der Waals surface area contributed by atoms with Crippen molar-refractivity contribution in [3.63, 3.8) is 0 Å². The number of carbonyl (C=O) groups excluding carboxylic acids is 2. The quantitative estimate of drug-likeness (QED) is 0.281. The molecule has 0 aromatic heterocycles. The van der Waals surface area contributed by atoms with Crippen molar-refractivity contribution in [1.82, 2.24) is 0 Å². The molecule has 8 rings (SSSR count). The van der Waals surface area contributed by atoms with Crippen LogP contribution in [0.3, 0.4) is 0 Å². The second kappa shape index (κ2) is 10.6. The van der Waals surface area contributed by atoms with Gasteiger partial charge in [-0.15, -0.1) is 0 Å². The predicted octanol–water partition coefficient (Wildman–Crippen LogP) is 5.70. The lowest BCUT2D eigenvalue weighted by Gasteiger charge is -2.58. The molecule has 6 saturated carbocycles. The molecule has 0 spiro atoms. The number of rotatable bonds is 0. The van der Waals surface area contributed by atoms with Gasteiger partial charge >= 0.3 is 0 Å². The number of fused-ring (bicyclic) bond motifs is 10. The summed E-state index contributed by atoms with van der Waals surface area (Å²) in [5, 5.41) is 42.3. The van der Waals surface area contributed by atoms with Crippen molar-refractivity contribution >= 4 is 11.6 Å². The summed E-state index contributed by atoms with van der Waals surface area (Å²) >= 11 is 0. The largest absolute Gasteiger partial charge is 0.393 e. The summed E-state index contributed by atoms with van der Waals surface area (Å²) in [6.07, 6.45) is 15.4. The van der Waals surface area contributed by atoms with E-state index < -0.39 is 12.2 Å². The lowest BCUT2D eigenvalue weighted by molar-refractivity contribution is -0.130. The Bertz CT molecular complexity index is 1170. The van der Waals surface area contributed by atoms with Crippen LogP contribution in [0.4, 0.5) is 0 Å². The van der Waals surface area contributed by atoms with Crippen LogP contribution in [0.15, 0.2) is 23.3 Å². The van der Waals surface area contributed by atoms with Gasteiger partial charge in [0.1, 0.15) is 0 Å². The van der Waals surface area contributed by atoms with Crippen molar-refractivity contribution in [3.05, 3.63) is 23.3 Å². The fraction of sp³-hybridized carbons (Fsp3) is 0.842. The Kier molecular flexibility index (Phi) is 7.52. The first-order valence-electron chi connectivity index (χ1n) is 17.9. The smallest absolute Gasteiger partial charge is 0.158 e. The summed E-state index contributed by atoms with van der Waals surface area (Å²) < 4.78 is 0. The Morgan fingerprint density at radius 3 is 1.30 bits per heavy atom. The fourth-order valence-corrected chi connectivity index (χ4v) is 13.2. The van der Waals surface area contributed by atoms with Gasteiger partial charge < -0.3 is 20.4 Å². The zero-order valence-corrected chi connectivity index (χ0v) is 27.4. The molecule has 8 aliphatic rings. The van der Waals surface area contributed by atoms with Gasteiger partial charge in [-0.05, 0) is 136 Å². The molecule has 6 heteroatoms. The molecule has 0 saturated heterocycles. The lowest BCUT2D eigenvalue weighted by Crippen LogP contribution is -2.55. The van der Waals surface area contributed by atoms with Crippen LogP contribution in [-0.2, 0) is 9.59 Å². The van der Waals surface area contributed by atoms with Crippen LogP contribution in [0.25, 0.3) is 0 Å². The van der Waals surface area contributed by atoms with E-state index in [-0.39, 0.29) is 58.3 Å². The number of aliphatic hydroxyl groups is 4. The fourth-order valence-electron chi connectivity index (χ4n) is 13.2. The molecule has 0 bridgehead atoms. The number of hydrogen-bond donors (Lipinski definition) is 4. The molecule has 0 aromatic carbocycles. The zero-order chi connectivity index (χ0) is 31.4. The molecule has 6 nitrogen and oxygen atoms in total. The highest BCUT2D eigenvalue weighted by molar-refractivity contribution is 5.92. The van der Waals surface area contributed by atoms with Gasteiger partial charge in [-0.25, -0.2) is 0 Å². The summed E-state index contributed by atoms with van der Waals surface area (Å²) in [7, 11) is 0. The maximum absolute atomic E-state index is 11.8. The van der Waals surface area contributed by atoms with E-state index in [0.29, 0.717) is 35.5 Å². The first-order chi connectivity index (χ1) is 20.7. The minimum absolute atomic E-state index is 0.0776. The molecular weight excluding hydrogens is 552 g/mol. The van der Waals surface area contributed by atoms with E-state index in [4.69, 9.17) is 0 Å². The van der Waals surface area contributed by atoms with Crippen molar-refractivity contribution in [2.45, 2.75) is 142 Å². The van der Waals surface area contributed by atoms with Crippen molar-refractivity contribution in [1.29, 1.82) is 0 Å². The second-order valence-electron chi connectivity index (χ2n) is 17.4. The third-order valence-corrected chi connectivity index (χ3v) is 16.0. The van der Waals surface area contributed by atoms with Crippen LogP contribution >= 0.6 is 0 Å². The molecule has 0 radical (unpaired) electrons. The van der Waals surface area contributed by atoms with Crippen LogP contribution in [0.2, 0.25) is 0 Å². The van der Waals surface area contributed by atoms with Crippen molar-refractivity contribution in [2.75, 3.05) is 0 Å². The van der Waals surface area contributed by atoms with Gasteiger partial charge in [0.15, 0.2) is 11.6 Å². The molecule has 0 aromatic rings. The first-order valence-corrected chi connectivity index (χ1v) is 17.9. The van der Waals surface area contributed by atoms with Gasteiger partial charge in [0, 0.05) is 23.7 Å². The molecule has 0 amide bonds. The topological polar surface area (TPSA) is 115 Å².